The zero-order valence-electron chi connectivity index (χ0n) is 16.4. The van der Waals surface area contributed by atoms with Gasteiger partial charge in [0.25, 0.3) is 0 Å². The number of nitrogens with two attached hydrogens (primary N) is 1. The Kier molecular flexibility index (Phi) is 7.19. The summed E-state index contributed by atoms with van der Waals surface area (Å²) in [4.78, 5) is 12.8. The number of carbonyl (C=O) groups excluding carboxylic acids is 1. The second-order valence-electron chi connectivity index (χ2n) is 7.08. The van der Waals surface area contributed by atoms with Crippen LogP contribution < -0.4 is 5.73 Å². The molecule has 0 aliphatic heterocycles. The monoisotopic (exact) mass is 453 g/mol. The molecule has 168 valence electrons. The lowest BCUT2D eigenvalue weighted by Crippen LogP contribution is -2.37. The van der Waals surface area contributed by atoms with Gasteiger partial charge < -0.3 is 10.5 Å². The number of carbonyl (C=O) groups is 1. The van der Waals surface area contributed by atoms with Gasteiger partial charge in [-0.3, -0.25) is 4.79 Å². The van der Waals surface area contributed by atoms with Crippen LogP contribution in [-0.4, -0.2) is 12.0 Å². The van der Waals surface area contributed by atoms with Crippen LogP contribution in [0.25, 0.3) is 0 Å². The second kappa shape index (κ2) is 9.86. The maximum atomic E-state index is 14.4. The van der Waals surface area contributed by atoms with E-state index in [1.165, 1.54) is 0 Å². The quantitative estimate of drug-likeness (QED) is 0.314. The number of benzene rings is 3. The molecular formula is C23H17F6NO2. The molecule has 0 saturated heterocycles. The van der Waals surface area contributed by atoms with E-state index in [0.29, 0.717) is 23.8 Å². The molecule has 0 bridgehead atoms. The van der Waals surface area contributed by atoms with Gasteiger partial charge in [0.15, 0.2) is 23.3 Å². The fourth-order valence-corrected chi connectivity index (χ4v) is 3.22. The first kappa shape index (κ1) is 23.3. The van der Waals surface area contributed by atoms with Crippen molar-refractivity contribution in [3.63, 3.8) is 0 Å². The third-order valence-electron chi connectivity index (χ3n) is 4.83. The number of ether oxygens (including phenoxy) is 1. The Hall–Kier alpha value is -3.33. The smallest absolute Gasteiger partial charge is 0.315 e. The topological polar surface area (TPSA) is 52.3 Å². The van der Waals surface area contributed by atoms with Gasteiger partial charge >= 0.3 is 5.97 Å². The Morgan fingerprint density at radius 1 is 0.781 bits per heavy atom. The Morgan fingerprint density at radius 2 is 1.34 bits per heavy atom. The first-order chi connectivity index (χ1) is 15.2. The zero-order valence-corrected chi connectivity index (χ0v) is 16.4. The summed E-state index contributed by atoms with van der Waals surface area (Å²) in [5.74, 6) is -10.9. The van der Waals surface area contributed by atoms with E-state index in [9.17, 15) is 31.1 Å². The lowest BCUT2D eigenvalue weighted by Gasteiger charge is -2.24. The van der Waals surface area contributed by atoms with Crippen LogP contribution in [0, 0.1) is 34.9 Å². The average Bonchev–Trinajstić information content (AvgIpc) is 2.75. The van der Waals surface area contributed by atoms with E-state index < -0.39 is 64.8 Å². The van der Waals surface area contributed by atoms with E-state index in [1.807, 2.05) is 0 Å². The SMILES string of the molecule is NC(Cc1cc(F)c(F)cc1F)[C@H](C(=O)OCc1ccccc1)c1cc(F)c(F)cc1F. The molecule has 0 aromatic heterocycles. The lowest BCUT2D eigenvalue weighted by atomic mass is 9.87. The van der Waals surface area contributed by atoms with E-state index in [1.54, 1.807) is 30.3 Å². The van der Waals surface area contributed by atoms with Crippen molar-refractivity contribution in [2.45, 2.75) is 25.0 Å². The van der Waals surface area contributed by atoms with Crippen LogP contribution in [0.3, 0.4) is 0 Å². The van der Waals surface area contributed by atoms with Crippen LogP contribution in [0.5, 0.6) is 0 Å². The van der Waals surface area contributed by atoms with Crippen molar-refractivity contribution in [2.24, 2.45) is 5.73 Å². The van der Waals surface area contributed by atoms with Crippen LogP contribution in [0.15, 0.2) is 54.6 Å². The van der Waals surface area contributed by atoms with Crippen LogP contribution in [0.1, 0.15) is 22.6 Å². The summed E-state index contributed by atoms with van der Waals surface area (Å²) in [5.41, 5.74) is 5.59. The van der Waals surface area contributed by atoms with Crippen LogP contribution >= 0.6 is 0 Å². The number of rotatable bonds is 7. The van der Waals surface area contributed by atoms with Crippen molar-refractivity contribution < 1.29 is 35.9 Å². The molecule has 2 N–H and O–H groups in total. The van der Waals surface area contributed by atoms with Gasteiger partial charge in [-0.05, 0) is 29.7 Å². The third kappa shape index (κ3) is 5.28. The molecule has 3 aromatic rings. The van der Waals surface area contributed by atoms with Crippen molar-refractivity contribution in [1.29, 1.82) is 0 Å². The largest absolute Gasteiger partial charge is 0.460 e. The second-order valence-corrected chi connectivity index (χ2v) is 7.08. The molecule has 0 fully saturated rings. The van der Waals surface area contributed by atoms with Gasteiger partial charge in [-0.25, -0.2) is 26.3 Å². The normalized spacial score (nSPS) is 13.0. The minimum Gasteiger partial charge on any atom is -0.460 e. The number of halogens is 6. The molecule has 0 aliphatic carbocycles. The predicted octanol–water partition coefficient (Wildman–Crippen LogP) is 4.92. The Balaban J connectivity index is 1.93. The molecule has 0 heterocycles. The molecule has 1 unspecified atom stereocenters. The number of hydrogen-bond acceptors (Lipinski definition) is 3. The minimum atomic E-state index is -1.69. The van der Waals surface area contributed by atoms with Crippen molar-refractivity contribution in [3.05, 3.63) is 106 Å². The average molecular weight is 453 g/mol. The Morgan fingerprint density at radius 3 is 2.00 bits per heavy atom. The van der Waals surface area contributed by atoms with Gasteiger partial charge in [0.1, 0.15) is 24.2 Å². The molecule has 32 heavy (non-hydrogen) atoms. The van der Waals surface area contributed by atoms with E-state index in [2.05, 4.69) is 0 Å². The Labute approximate surface area is 179 Å². The molecule has 2 atom stereocenters. The molecule has 0 spiro atoms. The van der Waals surface area contributed by atoms with Gasteiger partial charge in [0.05, 0.1) is 0 Å². The maximum absolute atomic E-state index is 14.4. The first-order valence-corrected chi connectivity index (χ1v) is 9.41. The van der Waals surface area contributed by atoms with Crippen molar-refractivity contribution in [1.82, 2.24) is 0 Å². The standard InChI is InChI=1S/C23H17F6NO2/c24-15-9-19(28)17(26)6-13(15)7-21(30)22(14-8-18(27)20(29)10-16(14)25)23(31)32-11-12-4-2-1-3-5-12/h1-6,8-10,21-22H,7,11,30H2/t21?,22-/m1/s1. The highest BCUT2D eigenvalue weighted by molar-refractivity contribution is 5.79. The van der Waals surface area contributed by atoms with Crippen LogP contribution in [0.2, 0.25) is 0 Å². The van der Waals surface area contributed by atoms with Crippen molar-refractivity contribution in [3.8, 4) is 0 Å². The molecule has 9 heteroatoms. The highest BCUT2D eigenvalue weighted by Crippen LogP contribution is 2.29. The third-order valence-corrected chi connectivity index (χ3v) is 4.83. The van der Waals surface area contributed by atoms with Gasteiger partial charge in [0.2, 0.25) is 0 Å². The zero-order chi connectivity index (χ0) is 23.4. The lowest BCUT2D eigenvalue weighted by molar-refractivity contribution is -0.147. The summed E-state index contributed by atoms with van der Waals surface area (Å²) in [6, 6.07) is 8.52. The summed E-state index contributed by atoms with van der Waals surface area (Å²) >= 11 is 0. The number of esters is 1. The molecule has 0 aliphatic rings. The summed E-state index contributed by atoms with van der Waals surface area (Å²) in [5, 5.41) is 0. The summed E-state index contributed by atoms with van der Waals surface area (Å²) in [7, 11) is 0. The van der Waals surface area contributed by atoms with E-state index in [-0.39, 0.29) is 18.2 Å². The molecule has 3 nitrogen and oxygen atoms in total. The highest BCUT2D eigenvalue weighted by atomic mass is 19.2. The van der Waals surface area contributed by atoms with Crippen LogP contribution in [0.4, 0.5) is 26.3 Å². The van der Waals surface area contributed by atoms with Gasteiger partial charge in [-0.2, -0.15) is 0 Å². The molecule has 3 aromatic carbocycles. The molecule has 0 radical (unpaired) electrons. The summed E-state index contributed by atoms with van der Waals surface area (Å²) < 4.78 is 87.6. The minimum absolute atomic E-state index is 0.228. The predicted molar refractivity (Wildman–Crippen MR) is 103 cm³/mol. The van der Waals surface area contributed by atoms with E-state index in [4.69, 9.17) is 10.5 Å². The summed E-state index contributed by atoms with van der Waals surface area (Å²) in [6.07, 6.45) is -0.549. The van der Waals surface area contributed by atoms with Crippen molar-refractivity contribution >= 4 is 5.97 Å². The van der Waals surface area contributed by atoms with Crippen molar-refractivity contribution in [2.75, 3.05) is 0 Å². The van der Waals surface area contributed by atoms with Gasteiger partial charge in [-0.15, -0.1) is 0 Å². The fourth-order valence-electron chi connectivity index (χ4n) is 3.22. The number of hydrogen-bond donors (Lipinski definition) is 1. The first-order valence-electron chi connectivity index (χ1n) is 9.41. The molecule has 0 amide bonds. The maximum Gasteiger partial charge on any atom is 0.315 e. The Bertz CT molecular complexity index is 1120. The van der Waals surface area contributed by atoms with Gasteiger partial charge in [0, 0.05) is 23.7 Å². The van der Waals surface area contributed by atoms with Gasteiger partial charge in [-0.1, -0.05) is 30.3 Å². The molecular weight excluding hydrogens is 436 g/mol. The molecule has 3 rings (SSSR count). The molecule has 0 saturated carbocycles. The summed E-state index contributed by atoms with van der Waals surface area (Å²) in [6.45, 7) is -0.228. The fraction of sp³-hybridized carbons (Fsp3) is 0.174. The van der Waals surface area contributed by atoms with E-state index in [0.717, 1.165) is 0 Å². The van der Waals surface area contributed by atoms with E-state index >= 15 is 0 Å². The van der Waals surface area contributed by atoms with Crippen LogP contribution in [-0.2, 0) is 22.6 Å². The highest BCUT2D eigenvalue weighted by Gasteiger charge is 2.33.